The van der Waals surface area contributed by atoms with Crippen LogP contribution < -0.4 is 0 Å². The van der Waals surface area contributed by atoms with Gasteiger partial charge in [0.2, 0.25) is 0 Å². The number of hydrogen-bond donors (Lipinski definition) is 0. The van der Waals surface area contributed by atoms with Crippen LogP contribution in [0, 0.1) is 0 Å². The third kappa shape index (κ3) is 22.8. The molecule has 1 rings (SSSR count). The topological polar surface area (TPSA) is 0 Å². The molecule has 0 radical (unpaired) electrons. The average molecular weight is 945 g/mol. The van der Waals surface area contributed by atoms with Crippen LogP contribution in [0.5, 0.6) is 0 Å². The molecule has 1 heterocycles. The summed E-state index contributed by atoms with van der Waals surface area (Å²) >= 11 is 4.81. The van der Waals surface area contributed by atoms with Crippen LogP contribution in [0.4, 0.5) is 0 Å². The van der Waals surface area contributed by atoms with Gasteiger partial charge in [-0.2, -0.15) is 0 Å². The normalized spacial score (nSPS) is 29.3. The summed E-state index contributed by atoms with van der Waals surface area (Å²) in [5.74, 6) is 0. The molecule has 144 valence electrons. The standard InChI is InChI=1S/C18H18Se9/c1-2-20-5-6-22-9-10-24-13-14-26-17-18-27-16-15-25-12-11-23-8-7-21-4-3-19-1/h1-18H/b2-1-,4-3-,6-5-,8-7-,10-9-,12-11-,14-13-,16-15-,18-17-. The van der Waals surface area contributed by atoms with Gasteiger partial charge in [-0.15, -0.1) is 0 Å². The molecule has 0 aromatic carbocycles. The fourth-order valence-electron chi connectivity index (χ4n) is 0.986. The van der Waals surface area contributed by atoms with Crippen LogP contribution in [-0.2, 0) is 0 Å². The van der Waals surface area contributed by atoms with Crippen LogP contribution in [0.2, 0.25) is 0 Å². The molecule has 0 saturated carbocycles. The molecule has 0 aromatic heterocycles. The molecule has 9 heteroatoms. The van der Waals surface area contributed by atoms with Crippen molar-refractivity contribution in [2.24, 2.45) is 0 Å². The van der Waals surface area contributed by atoms with Crippen molar-refractivity contribution in [3.8, 4) is 0 Å². The number of hydrogen-bond acceptors (Lipinski definition) is 0. The van der Waals surface area contributed by atoms with Crippen molar-refractivity contribution >= 4 is 135 Å². The zero-order valence-corrected chi connectivity index (χ0v) is 29.5. The summed E-state index contributed by atoms with van der Waals surface area (Å²) in [6.45, 7) is 0. The first-order valence-corrected chi connectivity index (χ1v) is 25.0. The van der Waals surface area contributed by atoms with Crippen molar-refractivity contribution in [3.05, 3.63) is 89.5 Å². The second-order valence-corrected chi connectivity index (χ2v) is 19.1. The molecule has 0 spiro atoms. The maximum atomic E-state index is 2.36. The predicted molar refractivity (Wildman–Crippen MR) is 134 cm³/mol. The second kappa shape index (κ2) is 24.6. The van der Waals surface area contributed by atoms with E-state index in [1.54, 1.807) is 0 Å². The first-order chi connectivity index (χ1) is 13.5. The first kappa shape index (κ1) is 27.4. The van der Waals surface area contributed by atoms with Crippen LogP contribution >= 0.6 is 0 Å². The van der Waals surface area contributed by atoms with Crippen LogP contribution in [0.25, 0.3) is 0 Å². The second-order valence-electron chi connectivity index (χ2n) is 3.67. The summed E-state index contributed by atoms with van der Waals surface area (Å²) in [5.41, 5.74) is 0. The Morgan fingerprint density at radius 2 is 0.222 bits per heavy atom. The third-order valence-corrected chi connectivity index (χ3v) is 20.8. The van der Waals surface area contributed by atoms with E-state index in [0.717, 1.165) is 0 Å². The van der Waals surface area contributed by atoms with Gasteiger partial charge >= 0.3 is 224 Å². The molecule has 0 saturated heterocycles. The van der Waals surface area contributed by atoms with Gasteiger partial charge < -0.3 is 0 Å². The van der Waals surface area contributed by atoms with Crippen LogP contribution in [0.1, 0.15) is 0 Å². The predicted octanol–water partition coefficient (Wildman–Crippen LogP) is 1.58. The van der Waals surface area contributed by atoms with E-state index in [2.05, 4.69) is 89.5 Å². The van der Waals surface area contributed by atoms with E-state index in [9.17, 15) is 0 Å². The van der Waals surface area contributed by atoms with Crippen molar-refractivity contribution in [2.45, 2.75) is 0 Å². The van der Waals surface area contributed by atoms with E-state index in [4.69, 9.17) is 0 Å². The molecule has 0 fully saturated rings. The molecule has 0 nitrogen and oxygen atoms in total. The summed E-state index contributed by atoms with van der Waals surface area (Å²) in [5, 5.41) is 0. The summed E-state index contributed by atoms with van der Waals surface area (Å²) < 4.78 is 0. The maximum absolute atomic E-state index is 2.36. The van der Waals surface area contributed by atoms with Gasteiger partial charge in [0.25, 0.3) is 0 Å². The van der Waals surface area contributed by atoms with Gasteiger partial charge in [-0.05, 0) is 0 Å². The molecule has 0 N–H and O–H groups in total. The molecule has 0 aliphatic carbocycles. The van der Waals surface area contributed by atoms with E-state index in [-0.39, 0.29) is 0 Å². The van der Waals surface area contributed by atoms with Crippen LogP contribution in [0.15, 0.2) is 89.5 Å². The quantitative estimate of drug-likeness (QED) is 0.325. The molecule has 0 aromatic rings. The number of rotatable bonds is 0. The Morgan fingerprint density at radius 3 is 0.296 bits per heavy atom. The minimum absolute atomic E-state index is 0.534. The van der Waals surface area contributed by atoms with E-state index in [0.29, 0.717) is 135 Å². The van der Waals surface area contributed by atoms with Crippen molar-refractivity contribution in [1.29, 1.82) is 0 Å². The zero-order chi connectivity index (χ0) is 19.1. The van der Waals surface area contributed by atoms with E-state index >= 15 is 0 Å². The Morgan fingerprint density at radius 1 is 0.148 bits per heavy atom. The summed E-state index contributed by atoms with van der Waals surface area (Å²) in [6.07, 6.45) is 0. The molecule has 0 amide bonds. The Balaban J connectivity index is 2.40. The molecule has 1 aliphatic rings. The summed E-state index contributed by atoms with van der Waals surface area (Å²) in [6, 6.07) is 0. The Bertz CT molecular complexity index is 403. The van der Waals surface area contributed by atoms with Gasteiger partial charge in [-0.3, -0.25) is 0 Å². The fourth-order valence-corrected chi connectivity index (χ4v) is 17.7. The van der Waals surface area contributed by atoms with Gasteiger partial charge in [-0.1, -0.05) is 0 Å². The Labute approximate surface area is 220 Å². The minimum atomic E-state index is 0.534. The van der Waals surface area contributed by atoms with Crippen molar-refractivity contribution in [3.63, 3.8) is 0 Å². The fraction of sp³-hybridized carbons (Fsp3) is 0. The van der Waals surface area contributed by atoms with Crippen molar-refractivity contribution < 1.29 is 0 Å². The summed E-state index contributed by atoms with van der Waals surface area (Å²) in [4.78, 5) is 42.4. The third-order valence-electron chi connectivity index (χ3n) is 1.91. The van der Waals surface area contributed by atoms with Gasteiger partial charge in [0, 0.05) is 0 Å². The zero-order valence-electron chi connectivity index (χ0n) is 14.1. The average Bonchev–Trinajstić information content (AvgIpc) is 2.68. The van der Waals surface area contributed by atoms with Gasteiger partial charge in [0.05, 0.1) is 0 Å². The summed E-state index contributed by atoms with van der Waals surface area (Å²) in [7, 11) is 0. The SMILES string of the molecule is C1=C\[Se]/C=C\[Se]/C=C\[Se]/C=C\[Se]/C=C\[Se]/C=C\[Se]/C=C\[Se]/C=C\[Se]/C=C\[Se]/1. The van der Waals surface area contributed by atoms with Gasteiger partial charge in [0.15, 0.2) is 0 Å². The van der Waals surface area contributed by atoms with E-state index < -0.39 is 0 Å². The Hall–Kier alpha value is 2.34. The van der Waals surface area contributed by atoms with Crippen molar-refractivity contribution in [2.75, 3.05) is 0 Å². The van der Waals surface area contributed by atoms with Gasteiger partial charge in [-0.25, -0.2) is 0 Å². The monoisotopic (exact) mass is 953 g/mol. The first-order valence-electron chi connectivity index (χ1n) is 7.24. The Kier molecular flexibility index (Phi) is 24.9. The molecule has 1 aliphatic heterocycles. The van der Waals surface area contributed by atoms with E-state index in [1.165, 1.54) is 0 Å². The molecule has 27 heavy (non-hydrogen) atoms. The van der Waals surface area contributed by atoms with Crippen LogP contribution in [0.3, 0.4) is 0 Å². The van der Waals surface area contributed by atoms with E-state index in [1.807, 2.05) is 0 Å². The van der Waals surface area contributed by atoms with Gasteiger partial charge in [0.1, 0.15) is 0 Å². The molecular weight excluding hydrogens is 927 g/mol. The molecule has 0 bridgehead atoms. The van der Waals surface area contributed by atoms with Crippen molar-refractivity contribution in [1.82, 2.24) is 0 Å². The molecular formula is C18H18Se9. The van der Waals surface area contributed by atoms with Crippen LogP contribution in [-0.4, -0.2) is 135 Å². The molecule has 0 atom stereocenters. The molecule has 0 unspecified atom stereocenters.